The number of para-hydroxylation sites is 1. The van der Waals surface area contributed by atoms with E-state index in [1.807, 2.05) is 29.2 Å². The molecule has 0 aromatic heterocycles. The Kier molecular flexibility index (Phi) is 5.25. The number of aliphatic imine (C=N–C) groups is 1. The Morgan fingerprint density at radius 1 is 1.06 bits per heavy atom. The molecule has 1 aliphatic carbocycles. The number of carbonyl (C=O) groups is 1. The second-order valence-corrected chi connectivity index (χ2v) is 8.22. The zero-order chi connectivity index (χ0) is 24.0. The average molecular weight is 457 g/mol. The van der Waals surface area contributed by atoms with E-state index in [0.717, 1.165) is 23.4 Å². The molecule has 2 aliphatic heterocycles. The maximum absolute atomic E-state index is 13.4. The van der Waals surface area contributed by atoms with Crippen LogP contribution < -0.4 is 24.8 Å². The molecule has 0 bridgehead atoms. The van der Waals surface area contributed by atoms with E-state index >= 15 is 0 Å². The predicted molar refractivity (Wildman–Crippen MR) is 127 cm³/mol. The predicted octanol–water partition coefficient (Wildman–Crippen LogP) is 3.78. The van der Waals surface area contributed by atoms with Crippen LogP contribution in [0.15, 0.2) is 64.1 Å². The van der Waals surface area contributed by atoms with Gasteiger partial charge in [0.1, 0.15) is 11.6 Å². The van der Waals surface area contributed by atoms with Gasteiger partial charge in [-0.1, -0.05) is 12.1 Å². The Morgan fingerprint density at radius 3 is 2.47 bits per heavy atom. The third-order valence-electron chi connectivity index (χ3n) is 6.54. The van der Waals surface area contributed by atoms with E-state index in [1.54, 1.807) is 33.5 Å². The van der Waals surface area contributed by atoms with E-state index in [1.165, 1.54) is 0 Å². The van der Waals surface area contributed by atoms with Gasteiger partial charge in [0.05, 0.1) is 44.6 Å². The molecule has 3 aliphatic rings. The summed E-state index contributed by atoms with van der Waals surface area (Å²) in [5, 5.41) is 10.4. The highest BCUT2D eigenvalue weighted by Crippen LogP contribution is 2.52. The molecular weight excluding hydrogens is 432 g/mol. The number of Topliss-reactive ketones (excluding diaryl/α,β-unsaturated/α-hetero) is 1. The fraction of sp³-hybridized carbons (Fsp3) is 0.269. The number of carbonyl (C=O) groups excluding carboxylic acids is 1. The fourth-order valence-corrected chi connectivity index (χ4v) is 5.06. The number of anilines is 1. The molecule has 0 saturated heterocycles. The van der Waals surface area contributed by atoms with Gasteiger partial charge in [-0.25, -0.2) is 4.99 Å². The van der Waals surface area contributed by atoms with Crippen LogP contribution in [-0.2, 0) is 4.79 Å². The smallest absolute Gasteiger partial charge is 0.164 e. The number of allylic oxidation sites excluding steroid dienone is 3. The molecular formula is C26H24N4O4. The van der Waals surface area contributed by atoms with Crippen LogP contribution in [0.3, 0.4) is 0 Å². The highest BCUT2D eigenvalue weighted by atomic mass is 16.5. The van der Waals surface area contributed by atoms with Crippen LogP contribution in [0.2, 0.25) is 0 Å². The number of amidine groups is 1. The highest BCUT2D eigenvalue weighted by molar-refractivity contribution is 6.08. The number of nitriles is 1. The summed E-state index contributed by atoms with van der Waals surface area (Å²) in [6.07, 6.45) is 1.82. The molecule has 8 heteroatoms. The lowest BCUT2D eigenvalue weighted by atomic mass is 9.75. The van der Waals surface area contributed by atoms with E-state index in [9.17, 15) is 10.1 Å². The summed E-state index contributed by atoms with van der Waals surface area (Å²) >= 11 is 0. The van der Waals surface area contributed by atoms with Crippen molar-refractivity contribution in [1.29, 1.82) is 5.26 Å². The number of benzene rings is 2. The second-order valence-electron chi connectivity index (χ2n) is 8.22. The number of hydrogen-bond donors (Lipinski definition) is 1. The van der Waals surface area contributed by atoms with Crippen molar-refractivity contribution in [3.63, 3.8) is 0 Å². The lowest BCUT2D eigenvalue weighted by Gasteiger charge is -2.42. The van der Waals surface area contributed by atoms with Crippen molar-refractivity contribution < 1.29 is 19.0 Å². The van der Waals surface area contributed by atoms with Crippen molar-refractivity contribution >= 4 is 17.3 Å². The quantitative estimate of drug-likeness (QED) is 0.745. The normalized spacial score (nSPS) is 19.0. The summed E-state index contributed by atoms with van der Waals surface area (Å²) < 4.78 is 16.7. The van der Waals surface area contributed by atoms with Crippen molar-refractivity contribution in [2.24, 2.45) is 10.7 Å². The van der Waals surface area contributed by atoms with E-state index in [4.69, 9.17) is 19.9 Å². The maximum Gasteiger partial charge on any atom is 0.164 e. The van der Waals surface area contributed by atoms with E-state index in [-0.39, 0.29) is 5.78 Å². The Bertz CT molecular complexity index is 1350. The van der Waals surface area contributed by atoms with Crippen LogP contribution >= 0.6 is 0 Å². The summed E-state index contributed by atoms with van der Waals surface area (Å²) in [4.78, 5) is 20.0. The first kappa shape index (κ1) is 21.6. The number of ether oxygens (including phenoxy) is 3. The largest absolute Gasteiger partial charge is 0.496 e. The molecule has 0 saturated carbocycles. The summed E-state index contributed by atoms with van der Waals surface area (Å²) in [6, 6.07) is 13.5. The molecule has 0 fully saturated rings. The van der Waals surface area contributed by atoms with Crippen molar-refractivity contribution in [2.45, 2.75) is 25.2 Å². The average Bonchev–Trinajstić information content (AvgIpc) is 2.87. The van der Waals surface area contributed by atoms with Crippen molar-refractivity contribution in [3.05, 3.63) is 70.2 Å². The van der Waals surface area contributed by atoms with Crippen LogP contribution in [0.25, 0.3) is 0 Å². The number of nitrogens with two attached hydrogens (primary N) is 1. The topological polar surface area (TPSA) is 110 Å². The first-order chi connectivity index (χ1) is 16.5. The van der Waals surface area contributed by atoms with Gasteiger partial charge in [0, 0.05) is 34.9 Å². The summed E-state index contributed by atoms with van der Waals surface area (Å²) in [5.74, 6) is 1.57. The molecule has 0 radical (unpaired) electrons. The van der Waals surface area contributed by atoms with Gasteiger partial charge in [-0.05, 0) is 31.0 Å². The Hall–Kier alpha value is -4.25. The van der Waals surface area contributed by atoms with Crippen molar-refractivity contribution in [1.82, 2.24) is 0 Å². The van der Waals surface area contributed by atoms with Gasteiger partial charge >= 0.3 is 0 Å². The minimum absolute atomic E-state index is 0.00916. The Labute approximate surface area is 197 Å². The molecule has 5 rings (SSSR count). The van der Waals surface area contributed by atoms with Gasteiger partial charge in [0.25, 0.3) is 0 Å². The Balaban J connectivity index is 1.85. The number of rotatable bonds is 4. The molecule has 2 aromatic rings. The molecule has 2 aromatic carbocycles. The van der Waals surface area contributed by atoms with Gasteiger partial charge in [-0.15, -0.1) is 0 Å². The minimum atomic E-state index is -0.671. The maximum atomic E-state index is 13.4. The van der Waals surface area contributed by atoms with E-state index < -0.39 is 5.92 Å². The molecule has 1 atom stereocenters. The van der Waals surface area contributed by atoms with Crippen LogP contribution in [-0.4, -0.2) is 32.9 Å². The summed E-state index contributed by atoms with van der Waals surface area (Å²) in [5.41, 5.74) is 10.3. The van der Waals surface area contributed by atoms with E-state index in [2.05, 4.69) is 11.1 Å². The molecule has 172 valence electrons. The molecule has 0 amide bonds. The van der Waals surface area contributed by atoms with Crippen LogP contribution in [0.1, 0.15) is 36.3 Å². The molecule has 0 unspecified atom stereocenters. The van der Waals surface area contributed by atoms with Crippen molar-refractivity contribution in [3.8, 4) is 23.3 Å². The molecule has 34 heavy (non-hydrogen) atoms. The van der Waals surface area contributed by atoms with Gasteiger partial charge in [0.2, 0.25) is 0 Å². The number of methoxy groups -OCH3 is 3. The molecule has 2 heterocycles. The fourth-order valence-electron chi connectivity index (χ4n) is 5.06. The summed E-state index contributed by atoms with van der Waals surface area (Å²) in [6.45, 7) is 0. The first-order valence-corrected chi connectivity index (χ1v) is 11.0. The number of nitrogens with zero attached hydrogens (tertiary/aromatic N) is 3. The monoisotopic (exact) mass is 456 g/mol. The third-order valence-corrected chi connectivity index (χ3v) is 6.54. The van der Waals surface area contributed by atoms with E-state index in [0.29, 0.717) is 58.5 Å². The van der Waals surface area contributed by atoms with Crippen LogP contribution in [0.5, 0.6) is 17.2 Å². The lowest BCUT2D eigenvalue weighted by molar-refractivity contribution is -0.116. The van der Waals surface area contributed by atoms with Gasteiger partial charge in [-0.3, -0.25) is 9.69 Å². The number of ketones is 1. The van der Waals surface area contributed by atoms with Gasteiger partial charge < -0.3 is 19.9 Å². The van der Waals surface area contributed by atoms with Crippen molar-refractivity contribution in [2.75, 3.05) is 26.2 Å². The standard InChI is InChI=1S/C26H24N4O4/c1-32-20-12-22(34-3)21(33-2)11-15(20)23-16(13-27)26-29-25(28)14-7-4-5-8-17(14)30(26)18-9-6-10-19(31)24(18)23/h4-5,7-8,11-12,23H,6,9-10H2,1-3H3,(H2,28,29)/t23-/m0/s1. The number of hydrogen-bond acceptors (Lipinski definition) is 8. The second kappa shape index (κ2) is 8.27. The SMILES string of the molecule is COc1cc(OC)c([C@H]2C(C#N)=C3N=C(N)c4ccccc4N3C3=C2C(=O)CCC3)cc1OC. The Morgan fingerprint density at radius 2 is 1.76 bits per heavy atom. The van der Waals surface area contributed by atoms with Crippen LogP contribution in [0.4, 0.5) is 5.69 Å². The molecule has 2 N–H and O–H groups in total. The third kappa shape index (κ3) is 3.05. The zero-order valence-electron chi connectivity index (χ0n) is 19.2. The van der Waals surface area contributed by atoms with Gasteiger partial charge in [0.15, 0.2) is 23.1 Å². The first-order valence-electron chi connectivity index (χ1n) is 11.0. The molecule has 8 nitrogen and oxygen atoms in total. The number of fused-ring (bicyclic) bond motifs is 4. The lowest BCUT2D eigenvalue weighted by Crippen LogP contribution is -2.39. The van der Waals surface area contributed by atoms with Crippen LogP contribution in [0, 0.1) is 11.3 Å². The van der Waals surface area contributed by atoms with Gasteiger partial charge in [-0.2, -0.15) is 5.26 Å². The summed E-state index contributed by atoms with van der Waals surface area (Å²) in [7, 11) is 4.63. The zero-order valence-corrected chi connectivity index (χ0v) is 19.2. The minimum Gasteiger partial charge on any atom is -0.496 e. The highest BCUT2D eigenvalue weighted by Gasteiger charge is 2.44. The molecule has 0 spiro atoms.